The summed E-state index contributed by atoms with van der Waals surface area (Å²) in [6, 6.07) is 6.48. The minimum absolute atomic E-state index is 0.0318. The molecular weight excluding hydrogens is 296 g/mol. The molecule has 1 aromatic rings. The maximum atomic E-state index is 12.0. The molecular formula is C13H17BrN2O2. The Labute approximate surface area is 115 Å². The first-order valence-electron chi connectivity index (χ1n) is 5.73. The Morgan fingerprint density at radius 2 is 1.72 bits per heavy atom. The van der Waals surface area contributed by atoms with Crippen LogP contribution in [0.1, 0.15) is 24.2 Å². The first kappa shape index (κ1) is 14.7. The summed E-state index contributed by atoms with van der Waals surface area (Å²) in [5, 5.41) is 5.29. The van der Waals surface area contributed by atoms with Gasteiger partial charge in [0.1, 0.15) is 6.04 Å². The third-order valence-electron chi connectivity index (χ3n) is 2.59. The molecule has 1 aromatic carbocycles. The van der Waals surface area contributed by atoms with Crippen molar-refractivity contribution in [1.82, 2.24) is 10.6 Å². The molecule has 18 heavy (non-hydrogen) atoms. The molecule has 0 saturated carbocycles. The molecule has 2 amide bonds. The largest absolute Gasteiger partial charge is 0.357 e. The Kier molecular flexibility index (Phi) is 5.34. The molecule has 98 valence electrons. The van der Waals surface area contributed by atoms with Gasteiger partial charge in [-0.05, 0) is 30.2 Å². The van der Waals surface area contributed by atoms with Crippen LogP contribution in [0, 0.1) is 5.92 Å². The van der Waals surface area contributed by atoms with Crippen molar-refractivity contribution in [2.45, 2.75) is 19.9 Å². The number of amides is 2. The number of rotatable bonds is 4. The van der Waals surface area contributed by atoms with Crippen molar-refractivity contribution < 1.29 is 9.59 Å². The molecule has 0 aliphatic heterocycles. The molecule has 2 N–H and O–H groups in total. The maximum Gasteiger partial charge on any atom is 0.251 e. The van der Waals surface area contributed by atoms with Crippen molar-refractivity contribution in [1.29, 1.82) is 0 Å². The van der Waals surface area contributed by atoms with Gasteiger partial charge in [0.25, 0.3) is 5.91 Å². The fourth-order valence-corrected chi connectivity index (χ4v) is 1.78. The van der Waals surface area contributed by atoms with E-state index in [0.717, 1.165) is 4.47 Å². The molecule has 1 unspecified atom stereocenters. The quantitative estimate of drug-likeness (QED) is 0.892. The number of benzene rings is 1. The summed E-state index contributed by atoms with van der Waals surface area (Å²) in [5.74, 6) is -0.399. The Morgan fingerprint density at radius 3 is 2.17 bits per heavy atom. The second-order valence-electron chi connectivity index (χ2n) is 4.32. The van der Waals surface area contributed by atoms with Crippen molar-refractivity contribution >= 4 is 27.7 Å². The summed E-state index contributed by atoms with van der Waals surface area (Å²) in [6.45, 7) is 3.78. The Hall–Kier alpha value is -1.36. The SMILES string of the molecule is CNC(=O)C(NC(=O)c1ccc(Br)cc1)C(C)C. The standard InChI is InChI=1S/C13H17BrN2O2/c1-8(2)11(13(18)15-3)16-12(17)9-4-6-10(14)7-5-9/h4-8,11H,1-3H3,(H,15,18)(H,16,17). The number of carbonyl (C=O) groups excluding carboxylic acids is 2. The predicted octanol–water partition coefficient (Wildman–Crippen LogP) is 1.95. The lowest BCUT2D eigenvalue weighted by molar-refractivity contribution is -0.123. The van der Waals surface area contributed by atoms with E-state index in [9.17, 15) is 9.59 Å². The fraction of sp³-hybridized carbons (Fsp3) is 0.385. The van der Waals surface area contributed by atoms with Crippen LogP contribution in [0.2, 0.25) is 0 Å². The van der Waals surface area contributed by atoms with Gasteiger partial charge in [0.2, 0.25) is 5.91 Å². The molecule has 4 nitrogen and oxygen atoms in total. The van der Waals surface area contributed by atoms with Crippen LogP contribution in [0.4, 0.5) is 0 Å². The van der Waals surface area contributed by atoms with E-state index in [1.807, 2.05) is 13.8 Å². The molecule has 1 atom stereocenters. The van der Waals surface area contributed by atoms with E-state index in [4.69, 9.17) is 0 Å². The lowest BCUT2D eigenvalue weighted by atomic mass is 10.0. The third kappa shape index (κ3) is 3.84. The highest BCUT2D eigenvalue weighted by molar-refractivity contribution is 9.10. The summed E-state index contributed by atoms with van der Waals surface area (Å²) < 4.78 is 0.908. The van der Waals surface area contributed by atoms with Gasteiger partial charge >= 0.3 is 0 Å². The zero-order chi connectivity index (χ0) is 13.7. The number of likely N-dealkylation sites (N-methyl/N-ethyl adjacent to an activating group) is 1. The van der Waals surface area contributed by atoms with Gasteiger partial charge in [-0.15, -0.1) is 0 Å². The molecule has 0 spiro atoms. The normalized spacial score (nSPS) is 12.1. The molecule has 0 fully saturated rings. The van der Waals surface area contributed by atoms with Crippen molar-refractivity contribution in [3.8, 4) is 0 Å². The maximum absolute atomic E-state index is 12.0. The minimum atomic E-state index is -0.522. The van der Waals surface area contributed by atoms with Crippen LogP contribution in [0.3, 0.4) is 0 Å². The summed E-state index contributed by atoms with van der Waals surface area (Å²) >= 11 is 3.31. The summed E-state index contributed by atoms with van der Waals surface area (Å²) in [6.07, 6.45) is 0. The highest BCUT2D eigenvalue weighted by Crippen LogP contribution is 2.11. The van der Waals surface area contributed by atoms with E-state index < -0.39 is 6.04 Å². The second-order valence-corrected chi connectivity index (χ2v) is 5.23. The number of halogens is 1. The van der Waals surface area contributed by atoms with Gasteiger partial charge in [0.15, 0.2) is 0 Å². The molecule has 0 saturated heterocycles. The molecule has 1 rings (SSSR count). The molecule has 0 radical (unpaired) electrons. The lowest BCUT2D eigenvalue weighted by Gasteiger charge is -2.20. The first-order valence-corrected chi connectivity index (χ1v) is 6.53. The zero-order valence-corrected chi connectivity index (χ0v) is 12.2. The van der Waals surface area contributed by atoms with Crippen LogP contribution < -0.4 is 10.6 Å². The van der Waals surface area contributed by atoms with Crippen LogP contribution >= 0.6 is 15.9 Å². The minimum Gasteiger partial charge on any atom is -0.357 e. The van der Waals surface area contributed by atoms with Crippen molar-refractivity contribution in [2.24, 2.45) is 5.92 Å². The Bertz CT molecular complexity index is 429. The summed E-state index contributed by atoms with van der Waals surface area (Å²) in [7, 11) is 1.56. The average Bonchev–Trinajstić information content (AvgIpc) is 2.35. The number of carbonyl (C=O) groups is 2. The smallest absolute Gasteiger partial charge is 0.251 e. The Balaban J connectivity index is 2.78. The first-order chi connectivity index (χ1) is 8.45. The molecule has 0 aromatic heterocycles. The van der Waals surface area contributed by atoms with Crippen LogP contribution in [-0.4, -0.2) is 24.9 Å². The topological polar surface area (TPSA) is 58.2 Å². The molecule has 5 heteroatoms. The third-order valence-corrected chi connectivity index (χ3v) is 3.12. The average molecular weight is 313 g/mol. The van der Waals surface area contributed by atoms with Gasteiger partial charge in [-0.3, -0.25) is 9.59 Å². The summed E-state index contributed by atoms with van der Waals surface area (Å²) in [5.41, 5.74) is 0.535. The van der Waals surface area contributed by atoms with E-state index in [2.05, 4.69) is 26.6 Å². The fourth-order valence-electron chi connectivity index (χ4n) is 1.52. The highest BCUT2D eigenvalue weighted by Gasteiger charge is 2.23. The summed E-state index contributed by atoms with van der Waals surface area (Å²) in [4.78, 5) is 23.6. The van der Waals surface area contributed by atoms with Crippen molar-refractivity contribution in [2.75, 3.05) is 7.05 Å². The predicted molar refractivity (Wildman–Crippen MR) is 74.3 cm³/mol. The van der Waals surface area contributed by atoms with Gasteiger partial charge in [0.05, 0.1) is 0 Å². The van der Waals surface area contributed by atoms with Gasteiger partial charge in [0, 0.05) is 17.1 Å². The lowest BCUT2D eigenvalue weighted by Crippen LogP contribution is -2.48. The van der Waals surface area contributed by atoms with E-state index in [0.29, 0.717) is 5.56 Å². The molecule has 0 aliphatic carbocycles. The van der Waals surface area contributed by atoms with Gasteiger partial charge < -0.3 is 10.6 Å². The van der Waals surface area contributed by atoms with E-state index >= 15 is 0 Å². The van der Waals surface area contributed by atoms with Gasteiger partial charge in [-0.25, -0.2) is 0 Å². The van der Waals surface area contributed by atoms with Gasteiger partial charge in [-0.1, -0.05) is 29.8 Å². The monoisotopic (exact) mass is 312 g/mol. The van der Waals surface area contributed by atoms with Crippen LogP contribution in [0.15, 0.2) is 28.7 Å². The molecule has 0 bridgehead atoms. The highest BCUT2D eigenvalue weighted by atomic mass is 79.9. The molecule has 0 aliphatic rings. The number of hydrogen-bond donors (Lipinski definition) is 2. The Morgan fingerprint density at radius 1 is 1.17 bits per heavy atom. The van der Waals surface area contributed by atoms with E-state index in [1.54, 1.807) is 31.3 Å². The van der Waals surface area contributed by atoms with E-state index in [-0.39, 0.29) is 17.7 Å². The number of hydrogen-bond acceptors (Lipinski definition) is 2. The van der Waals surface area contributed by atoms with Crippen LogP contribution in [0.25, 0.3) is 0 Å². The van der Waals surface area contributed by atoms with Gasteiger partial charge in [-0.2, -0.15) is 0 Å². The van der Waals surface area contributed by atoms with Crippen molar-refractivity contribution in [3.05, 3.63) is 34.3 Å². The molecule has 0 heterocycles. The van der Waals surface area contributed by atoms with Crippen molar-refractivity contribution in [3.63, 3.8) is 0 Å². The zero-order valence-electron chi connectivity index (χ0n) is 10.7. The second kappa shape index (κ2) is 6.54. The van der Waals surface area contributed by atoms with E-state index in [1.165, 1.54) is 0 Å². The number of nitrogens with one attached hydrogen (secondary N) is 2. The van der Waals surface area contributed by atoms with Crippen LogP contribution in [0.5, 0.6) is 0 Å². The van der Waals surface area contributed by atoms with Crippen LogP contribution in [-0.2, 0) is 4.79 Å².